The summed E-state index contributed by atoms with van der Waals surface area (Å²) in [4.78, 5) is 17.5. The number of hydrogen-bond acceptors (Lipinski definition) is 7. The maximum atomic E-state index is 14.2. The largest absolute Gasteiger partial charge is 0.394 e. The summed E-state index contributed by atoms with van der Waals surface area (Å²) >= 11 is 1.18. The van der Waals surface area contributed by atoms with Crippen LogP contribution in [0.2, 0.25) is 0 Å². The van der Waals surface area contributed by atoms with Crippen LogP contribution in [0, 0.1) is 12.7 Å². The predicted octanol–water partition coefficient (Wildman–Crippen LogP) is 2.54. The molecule has 25 heavy (non-hydrogen) atoms. The first kappa shape index (κ1) is 17.2. The molecule has 130 valence electrons. The fraction of sp³-hybridized carbons (Fsp3) is 0.188. The number of thiophene rings is 1. The molecule has 0 bridgehead atoms. The Morgan fingerprint density at radius 1 is 1.40 bits per heavy atom. The van der Waals surface area contributed by atoms with Crippen LogP contribution < -0.4 is 10.8 Å². The second-order valence-electron chi connectivity index (χ2n) is 5.16. The van der Waals surface area contributed by atoms with Gasteiger partial charge in [-0.15, -0.1) is 16.4 Å². The molecule has 0 aliphatic heterocycles. The van der Waals surface area contributed by atoms with Gasteiger partial charge in [0.1, 0.15) is 16.2 Å². The monoisotopic (exact) mass is 362 g/mol. The van der Waals surface area contributed by atoms with Crippen LogP contribution in [0.15, 0.2) is 30.5 Å². The van der Waals surface area contributed by atoms with E-state index in [4.69, 9.17) is 9.94 Å². The topological polar surface area (TPSA) is 96.4 Å². The van der Waals surface area contributed by atoms with E-state index in [-0.39, 0.29) is 23.8 Å². The van der Waals surface area contributed by atoms with Crippen molar-refractivity contribution in [1.29, 1.82) is 0 Å². The van der Waals surface area contributed by atoms with Gasteiger partial charge in [0.25, 0.3) is 5.91 Å². The van der Waals surface area contributed by atoms with Crippen LogP contribution in [0.3, 0.4) is 0 Å². The number of nitrogens with zero attached hydrogens (tertiary/aromatic N) is 2. The molecular formula is C16H15FN4O3S. The van der Waals surface area contributed by atoms with Gasteiger partial charge < -0.3 is 10.4 Å². The van der Waals surface area contributed by atoms with E-state index in [9.17, 15) is 9.18 Å². The Kier molecular flexibility index (Phi) is 5.17. The quantitative estimate of drug-likeness (QED) is 0.461. The first-order valence-corrected chi connectivity index (χ1v) is 8.22. The minimum atomic E-state index is -0.522. The smallest absolute Gasteiger partial charge is 0.287 e. The fourth-order valence-corrected chi connectivity index (χ4v) is 3.16. The second kappa shape index (κ2) is 7.51. The summed E-state index contributed by atoms with van der Waals surface area (Å²) in [6.07, 6.45) is 1.51. The number of halogens is 1. The third kappa shape index (κ3) is 3.73. The zero-order valence-electron chi connectivity index (χ0n) is 13.2. The van der Waals surface area contributed by atoms with Gasteiger partial charge in [-0.3, -0.25) is 9.63 Å². The van der Waals surface area contributed by atoms with Gasteiger partial charge in [-0.2, -0.15) is 5.10 Å². The van der Waals surface area contributed by atoms with Crippen molar-refractivity contribution in [3.63, 3.8) is 0 Å². The minimum absolute atomic E-state index is 0.0359. The standard InChI is InChI=1S/C16H15FN4O3S/c1-9-2-3-11(10(17)8-9)19-14-13-12(4-5-18-20-13)25-15(14)16(23)21-24-7-6-22/h2-5,8,19,22H,6-7H2,1H3,(H,21,23). The molecule has 0 aliphatic rings. The van der Waals surface area contributed by atoms with E-state index in [0.29, 0.717) is 11.2 Å². The van der Waals surface area contributed by atoms with Gasteiger partial charge in [0, 0.05) is 0 Å². The van der Waals surface area contributed by atoms with Crippen molar-refractivity contribution >= 4 is 38.8 Å². The van der Waals surface area contributed by atoms with Crippen molar-refractivity contribution in [2.24, 2.45) is 0 Å². The van der Waals surface area contributed by atoms with Crippen molar-refractivity contribution in [3.05, 3.63) is 46.7 Å². The summed E-state index contributed by atoms with van der Waals surface area (Å²) in [6.45, 7) is 1.53. The van der Waals surface area contributed by atoms with E-state index in [1.54, 1.807) is 25.1 Å². The number of anilines is 2. The van der Waals surface area contributed by atoms with Gasteiger partial charge in [-0.1, -0.05) is 6.07 Å². The van der Waals surface area contributed by atoms with Crippen molar-refractivity contribution in [2.75, 3.05) is 18.5 Å². The molecule has 0 radical (unpaired) electrons. The Morgan fingerprint density at radius 2 is 2.24 bits per heavy atom. The van der Waals surface area contributed by atoms with E-state index in [1.807, 2.05) is 0 Å². The maximum absolute atomic E-state index is 14.2. The van der Waals surface area contributed by atoms with Gasteiger partial charge >= 0.3 is 0 Å². The number of aliphatic hydroxyl groups is 1. The summed E-state index contributed by atoms with van der Waals surface area (Å²) < 4.78 is 14.9. The van der Waals surface area contributed by atoms with Crippen molar-refractivity contribution in [3.8, 4) is 0 Å². The maximum Gasteiger partial charge on any atom is 0.287 e. The second-order valence-corrected chi connectivity index (χ2v) is 6.21. The number of carbonyl (C=O) groups excluding carboxylic acids is 1. The molecule has 0 unspecified atom stereocenters. The molecule has 7 nitrogen and oxygen atoms in total. The van der Waals surface area contributed by atoms with Gasteiger partial charge in [-0.25, -0.2) is 9.87 Å². The SMILES string of the molecule is Cc1ccc(Nc2c(C(=O)NOCCO)sc3ccnnc23)c(F)c1. The van der Waals surface area contributed by atoms with Crippen molar-refractivity contribution in [1.82, 2.24) is 15.7 Å². The first-order chi connectivity index (χ1) is 12.1. The number of benzene rings is 1. The molecule has 1 aromatic carbocycles. The summed E-state index contributed by atoms with van der Waals surface area (Å²) in [5.41, 5.74) is 4.06. The average molecular weight is 362 g/mol. The number of carbonyl (C=O) groups is 1. The molecule has 3 aromatic rings. The Bertz CT molecular complexity index is 916. The van der Waals surface area contributed by atoms with Gasteiger partial charge in [0.15, 0.2) is 0 Å². The molecule has 3 N–H and O–H groups in total. The van der Waals surface area contributed by atoms with Gasteiger partial charge in [0.2, 0.25) is 0 Å². The number of aromatic nitrogens is 2. The van der Waals surface area contributed by atoms with Crippen LogP contribution in [0.4, 0.5) is 15.8 Å². The van der Waals surface area contributed by atoms with E-state index in [0.717, 1.165) is 10.3 Å². The van der Waals surface area contributed by atoms with Crippen LogP contribution in [0.25, 0.3) is 10.2 Å². The number of hydroxylamine groups is 1. The molecule has 0 atom stereocenters. The Labute approximate surface area is 146 Å². The molecule has 9 heteroatoms. The molecule has 0 saturated carbocycles. The summed E-state index contributed by atoms with van der Waals surface area (Å²) in [5, 5.41) is 19.5. The lowest BCUT2D eigenvalue weighted by molar-refractivity contribution is 0.0172. The highest BCUT2D eigenvalue weighted by Gasteiger charge is 2.21. The number of rotatable bonds is 6. The Balaban J connectivity index is 1.99. The number of aryl methyl sites for hydroxylation is 1. The van der Waals surface area contributed by atoms with E-state index in [1.165, 1.54) is 23.6 Å². The number of hydrogen-bond donors (Lipinski definition) is 3. The zero-order valence-corrected chi connectivity index (χ0v) is 14.1. The Hall–Kier alpha value is -2.62. The number of amides is 1. The predicted molar refractivity (Wildman–Crippen MR) is 92.3 cm³/mol. The molecule has 0 spiro atoms. The number of nitrogens with one attached hydrogen (secondary N) is 2. The summed E-state index contributed by atoms with van der Waals surface area (Å²) in [7, 11) is 0. The van der Waals surface area contributed by atoms with E-state index >= 15 is 0 Å². The van der Waals surface area contributed by atoms with Gasteiger partial charge in [-0.05, 0) is 30.7 Å². The van der Waals surface area contributed by atoms with Crippen molar-refractivity contribution < 1.29 is 19.1 Å². The average Bonchev–Trinajstić information content (AvgIpc) is 2.96. The lowest BCUT2D eigenvalue weighted by Gasteiger charge is -2.10. The van der Waals surface area contributed by atoms with Gasteiger partial charge in [0.05, 0.1) is 35.5 Å². The lowest BCUT2D eigenvalue weighted by Crippen LogP contribution is -2.25. The van der Waals surface area contributed by atoms with Crippen LogP contribution >= 0.6 is 11.3 Å². The zero-order chi connectivity index (χ0) is 17.8. The van der Waals surface area contributed by atoms with Crippen LogP contribution in [-0.4, -0.2) is 34.4 Å². The third-order valence-corrected chi connectivity index (χ3v) is 4.45. The molecule has 3 rings (SSSR count). The molecule has 1 amide bonds. The minimum Gasteiger partial charge on any atom is -0.394 e. The number of aliphatic hydroxyl groups excluding tert-OH is 1. The third-order valence-electron chi connectivity index (χ3n) is 3.31. The lowest BCUT2D eigenvalue weighted by atomic mass is 10.2. The molecular weight excluding hydrogens is 347 g/mol. The number of fused-ring (bicyclic) bond motifs is 1. The fourth-order valence-electron chi connectivity index (χ4n) is 2.18. The molecule has 2 aromatic heterocycles. The normalized spacial score (nSPS) is 10.8. The van der Waals surface area contributed by atoms with Crippen LogP contribution in [0.1, 0.15) is 15.2 Å². The molecule has 2 heterocycles. The molecule has 0 fully saturated rings. The summed E-state index contributed by atoms with van der Waals surface area (Å²) in [6, 6.07) is 6.46. The highest BCUT2D eigenvalue weighted by atomic mass is 32.1. The van der Waals surface area contributed by atoms with Crippen LogP contribution in [-0.2, 0) is 4.84 Å². The highest BCUT2D eigenvalue weighted by Crippen LogP contribution is 2.36. The first-order valence-electron chi connectivity index (χ1n) is 7.40. The van der Waals surface area contributed by atoms with E-state index < -0.39 is 11.7 Å². The highest BCUT2D eigenvalue weighted by molar-refractivity contribution is 7.21. The van der Waals surface area contributed by atoms with E-state index in [2.05, 4.69) is 21.0 Å². The van der Waals surface area contributed by atoms with Crippen molar-refractivity contribution in [2.45, 2.75) is 6.92 Å². The van der Waals surface area contributed by atoms with Crippen LogP contribution in [0.5, 0.6) is 0 Å². The summed E-state index contributed by atoms with van der Waals surface area (Å²) in [5.74, 6) is -0.961. The molecule has 0 aliphatic carbocycles. The molecule has 0 saturated heterocycles. The Morgan fingerprint density at radius 3 is 3.00 bits per heavy atom.